The molecule has 0 spiro atoms. The molecule has 1 N–H and O–H groups in total. The van der Waals surface area contributed by atoms with E-state index in [0.29, 0.717) is 18.5 Å². The molecule has 0 aliphatic rings. The Hall–Kier alpha value is -2.16. The summed E-state index contributed by atoms with van der Waals surface area (Å²) in [6.45, 7) is 2.49. The summed E-state index contributed by atoms with van der Waals surface area (Å²) < 4.78 is 12.7. The van der Waals surface area contributed by atoms with Crippen molar-refractivity contribution in [1.29, 1.82) is 0 Å². The van der Waals surface area contributed by atoms with E-state index in [-0.39, 0.29) is 11.7 Å². The first kappa shape index (κ1) is 13.3. The number of benzene rings is 2. The van der Waals surface area contributed by atoms with Crippen LogP contribution in [-0.2, 0) is 6.42 Å². The molecule has 0 unspecified atom stereocenters. The van der Waals surface area contributed by atoms with Gasteiger partial charge in [0.05, 0.1) is 0 Å². The molecule has 2 aromatic rings. The molecule has 2 nitrogen and oxygen atoms in total. The average molecular weight is 257 g/mol. The van der Waals surface area contributed by atoms with Gasteiger partial charge in [0.25, 0.3) is 5.91 Å². The number of rotatable bonds is 4. The lowest BCUT2D eigenvalue weighted by atomic mass is 10.1. The van der Waals surface area contributed by atoms with Crippen molar-refractivity contribution >= 4 is 5.91 Å². The summed E-state index contributed by atoms with van der Waals surface area (Å²) in [5, 5.41) is 2.86. The standard InChI is InChI=1S/C16H16FNO/c1-12-3-2-4-14(11-12)16(19)18-10-9-13-5-7-15(17)8-6-13/h2-8,11H,9-10H2,1H3,(H,18,19). The van der Waals surface area contributed by atoms with E-state index in [0.717, 1.165) is 11.1 Å². The third-order valence-corrected chi connectivity index (χ3v) is 2.89. The maximum absolute atomic E-state index is 12.7. The van der Waals surface area contributed by atoms with Crippen LogP contribution >= 0.6 is 0 Å². The predicted molar refractivity (Wildman–Crippen MR) is 73.6 cm³/mol. The summed E-state index contributed by atoms with van der Waals surface area (Å²) in [4.78, 5) is 11.9. The average Bonchev–Trinajstić information content (AvgIpc) is 2.41. The highest BCUT2D eigenvalue weighted by atomic mass is 19.1. The second kappa shape index (κ2) is 6.14. The largest absolute Gasteiger partial charge is 0.352 e. The Morgan fingerprint density at radius 3 is 2.58 bits per heavy atom. The summed E-state index contributed by atoms with van der Waals surface area (Å²) in [7, 11) is 0. The van der Waals surface area contributed by atoms with Crippen LogP contribution < -0.4 is 5.32 Å². The second-order valence-electron chi connectivity index (χ2n) is 4.50. The monoisotopic (exact) mass is 257 g/mol. The Morgan fingerprint density at radius 1 is 1.16 bits per heavy atom. The SMILES string of the molecule is Cc1cccc(C(=O)NCCc2ccc(F)cc2)c1. The van der Waals surface area contributed by atoms with E-state index < -0.39 is 0 Å². The summed E-state index contributed by atoms with van der Waals surface area (Å²) in [5.41, 5.74) is 2.73. The van der Waals surface area contributed by atoms with Gasteiger partial charge in [-0.1, -0.05) is 29.8 Å². The summed E-state index contributed by atoms with van der Waals surface area (Å²) in [6.07, 6.45) is 0.692. The quantitative estimate of drug-likeness (QED) is 0.896. The number of carbonyl (C=O) groups excluding carboxylic acids is 1. The minimum atomic E-state index is -0.243. The number of nitrogens with one attached hydrogen (secondary N) is 1. The van der Waals surface area contributed by atoms with Gasteiger partial charge in [-0.3, -0.25) is 4.79 Å². The molecule has 0 aromatic heterocycles. The molecule has 0 bridgehead atoms. The lowest BCUT2D eigenvalue weighted by molar-refractivity contribution is 0.0954. The van der Waals surface area contributed by atoms with Crippen LogP contribution in [0.4, 0.5) is 4.39 Å². The zero-order valence-electron chi connectivity index (χ0n) is 10.8. The molecule has 0 aliphatic carbocycles. The van der Waals surface area contributed by atoms with Crippen LogP contribution in [0.25, 0.3) is 0 Å². The van der Waals surface area contributed by atoms with Crippen molar-refractivity contribution in [3.63, 3.8) is 0 Å². The lowest BCUT2D eigenvalue weighted by Crippen LogP contribution is -2.25. The van der Waals surface area contributed by atoms with E-state index >= 15 is 0 Å². The highest BCUT2D eigenvalue weighted by molar-refractivity contribution is 5.94. The fourth-order valence-corrected chi connectivity index (χ4v) is 1.86. The molecule has 0 atom stereocenters. The van der Waals surface area contributed by atoms with Crippen molar-refractivity contribution in [2.24, 2.45) is 0 Å². The van der Waals surface area contributed by atoms with E-state index in [4.69, 9.17) is 0 Å². The number of hydrogen-bond donors (Lipinski definition) is 1. The van der Waals surface area contributed by atoms with Crippen molar-refractivity contribution < 1.29 is 9.18 Å². The van der Waals surface area contributed by atoms with Crippen molar-refractivity contribution in [1.82, 2.24) is 5.32 Å². The maximum Gasteiger partial charge on any atom is 0.251 e. The van der Waals surface area contributed by atoms with Crippen LogP contribution in [0.15, 0.2) is 48.5 Å². The smallest absolute Gasteiger partial charge is 0.251 e. The van der Waals surface area contributed by atoms with Gasteiger partial charge in [-0.25, -0.2) is 4.39 Å². The molecule has 98 valence electrons. The van der Waals surface area contributed by atoms with Gasteiger partial charge >= 0.3 is 0 Å². The van der Waals surface area contributed by atoms with Crippen LogP contribution in [0, 0.1) is 12.7 Å². The minimum Gasteiger partial charge on any atom is -0.352 e. The third kappa shape index (κ3) is 3.91. The van der Waals surface area contributed by atoms with Crippen LogP contribution in [0.2, 0.25) is 0 Å². The zero-order chi connectivity index (χ0) is 13.7. The highest BCUT2D eigenvalue weighted by Gasteiger charge is 2.04. The Morgan fingerprint density at radius 2 is 1.89 bits per heavy atom. The van der Waals surface area contributed by atoms with Gasteiger partial charge < -0.3 is 5.32 Å². The molecule has 2 aromatic carbocycles. The second-order valence-corrected chi connectivity index (χ2v) is 4.50. The van der Waals surface area contributed by atoms with Crippen LogP contribution in [0.1, 0.15) is 21.5 Å². The molecule has 0 radical (unpaired) electrons. The molecule has 3 heteroatoms. The van der Waals surface area contributed by atoms with Crippen molar-refractivity contribution in [2.45, 2.75) is 13.3 Å². The number of aryl methyl sites for hydroxylation is 1. The van der Waals surface area contributed by atoms with Gasteiger partial charge in [0, 0.05) is 12.1 Å². The molecule has 0 fully saturated rings. The molecule has 19 heavy (non-hydrogen) atoms. The first-order chi connectivity index (χ1) is 9.15. The molecule has 0 heterocycles. The van der Waals surface area contributed by atoms with E-state index in [9.17, 15) is 9.18 Å². The fraction of sp³-hybridized carbons (Fsp3) is 0.188. The fourth-order valence-electron chi connectivity index (χ4n) is 1.86. The molecule has 0 aliphatic heterocycles. The maximum atomic E-state index is 12.7. The van der Waals surface area contributed by atoms with Crippen molar-refractivity contribution in [3.8, 4) is 0 Å². The van der Waals surface area contributed by atoms with Gasteiger partial charge in [0.1, 0.15) is 5.82 Å². The predicted octanol–water partition coefficient (Wildman–Crippen LogP) is 3.11. The number of carbonyl (C=O) groups is 1. The first-order valence-corrected chi connectivity index (χ1v) is 6.24. The number of hydrogen-bond acceptors (Lipinski definition) is 1. The van der Waals surface area contributed by atoms with Crippen molar-refractivity contribution in [2.75, 3.05) is 6.54 Å². The van der Waals surface area contributed by atoms with Gasteiger partial charge in [0.15, 0.2) is 0 Å². The summed E-state index contributed by atoms with van der Waals surface area (Å²) in [6, 6.07) is 13.8. The Kier molecular flexibility index (Phi) is 4.29. The van der Waals surface area contributed by atoms with Crippen LogP contribution in [0.3, 0.4) is 0 Å². The lowest BCUT2D eigenvalue weighted by Gasteiger charge is -2.06. The summed E-state index contributed by atoms with van der Waals surface area (Å²) >= 11 is 0. The van der Waals surface area contributed by atoms with Gasteiger partial charge in [-0.15, -0.1) is 0 Å². The topological polar surface area (TPSA) is 29.1 Å². The first-order valence-electron chi connectivity index (χ1n) is 6.24. The normalized spacial score (nSPS) is 10.2. The van der Waals surface area contributed by atoms with Gasteiger partial charge in [0.2, 0.25) is 0 Å². The number of halogens is 1. The van der Waals surface area contributed by atoms with Crippen molar-refractivity contribution in [3.05, 3.63) is 71.0 Å². The Labute approximate surface area is 112 Å². The van der Waals surface area contributed by atoms with Gasteiger partial charge in [-0.2, -0.15) is 0 Å². The molecular formula is C16H16FNO. The molecule has 0 saturated heterocycles. The molecular weight excluding hydrogens is 241 g/mol. The Balaban J connectivity index is 1.86. The van der Waals surface area contributed by atoms with Crippen LogP contribution in [-0.4, -0.2) is 12.5 Å². The molecule has 2 rings (SSSR count). The van der Waals surface area contributed by atoms with E-state index in [1.807, 2.05) is 25.1 Å². The summed E-state index contributed by atoms with van der Waals surface area (Å²) in [5.74, 6) is -0.321. The number of amides is 1. The highest BCUT2D eigenvalue weighted by Crippen LogP contribution is 2.05. The van der Waals surface area contributed by atoms with Crippen LogP contribution in [0.5, 0.6) is 0 Å². The van der Waals surface area contributed by atoms with E-state index in [2.05, 4.69) is 5.32 Å². The zero-order valence-corrected chi connectivity index (χ0v) is 10.8. The third-order valence-electron chi connectivity index (χ3n) is 2.89. The molecule has 0 saturated carbocycles. The molecule has 1 amide bonds. The van der Waals surface area contributed by atoms with E-state index in [1.54, 1.807) is 18.2 Å². The van der Waals surface area contributed by atoms with E-state index in [1.165, 1.54) is 12.1 Å². The van der Waals surface area contributed by atoms with Gasteiger partial charge in [-0.05, 0) is 43.2 Å². The Bertz CT molecular complexity index is 563. The minimum absolute atomic E-state index is 0.0780.